The summed E-state index contributed by atoms with van der Waals surface area (Å²) in [7, 11) is 0. The van der Waals surface area contributed by atoms with Crippen LogP contribution in [-0.4, -0.2) is 29.2 Å². The zero-order valence-corrected chi connectivity index (χ0v) is 12.5. The maximum Gasteiger partial charge on any atom is 0.407 e. The Hall–Kier alpha value is -2.15. The van der Waals surface area contributed by atoms with E-state index in [-0.39, 0.29) is 18.3 Å². The van der Waals surface area contributed by atoms with Crippen molar-refractivity contribution in [3.05, 3.63) is 39.9 Å². The normalized spacial score (nSPS) is 12.6. The molecule has 1 aromatic carbocycles. The Morgan fingerprint density at radius 3 is 2.43 bits per heavy atom. The highest BCUT2D eigenvalue weighted by Crippen LogP contribution is 2.12. The summed E-state index contributed by atoms with van der Waals surface area (Å²) in [4.78, 5) is 21.6. The van der Waals surface area contributed by atoms with Crippen molar-refractivity contribution >= 4 is 11.8 Å². The van der Waals surface area contributed by atoms with Crippen molar-refractivity contribution in [2.75, 3.05) is 6.54 Å². The smallest absolute Gasteiger partial charge is 0.407 e. The number of hydrogen-bond donors (Lipinski definition) is 2. The molecule has 1 rings (SSSR count). The van der Waals surface area contributed by atoms with E-state index in [1.807, 2.05) is 0 Å². The van der Waals surface area contributed by atoms with E-state index >= 15 is 0 Å². The Balaban J connectivity index is 2.41. The van der Waals surface area contributed by atoms with Gasteiger partial charge in [0.1, 0.15) is 5.60 Å². The molecule has 1 unspecified atom stereocenters. The molecule has 7 nitrogen and oxygen atoms in total. The van der Waals surface area contributed by atoms with E-state index in [1.165, 1.54) is 12.1 Å². The number of nitrogens with one attached hydrogen (secondary N) is 1. The van der Waals surface area contributed by atoms with Crippen molar-refractivity contribution in [1.82, 2.24) is 5.32 Å². The SMILES string of the molecule is CC(C)(C)OC(=O)NCC(N)Cc1ccc([N+](=O)[O-])cc1. The molecule has 0 aromatic heterocycles. The summed E-state index contributed by atoms with van der Waals surface area (Å²) in [5.74, 6) is 0. The van der Waals surface area contributed by atoms with E-state index in [0.717, 1.165) is 5.56 Å². The number of amides is 1. The Labute approximate surface area is 123 Å². The van der Waals surface area contributed by atoms with Gasteiger partial charge in [0.2, 0.25) is 0 Å². The number of nitro groups is 1. The highest BCUT2D eigenvalue weighted by molar-refractivity contribution is 5.67. The molecule has 3 N–H and O–H groups in total. The van der Waals surface area contributed by atoms with Crippen LogP contribution >= 0.6 is 0 Å². The Kier molecular flexibility index (Phi) is 5.66. The molecule has 0 saturated carbocycles. The fourth-order valence-corrected chi connectivity index (χ4v) is 1.66. The summed E-state index contributed by atoms with van der Waals surface area (Å²) in [6.45, 7) is 5.61. The van der Waals surface area contributed by atoms with E-state index in [9.17, 15) is 14.9 Å². The molecule has 0 radical (unpaired) electrons. The molecule has 0 aliphatic rings. The van der Waals surface area contributed by atoms with Gasteiger partial charge in [-0.2, -0.15) is 0 Å². The second kappa shape index (κ2) is 7.03. The average molecular weight is 295 g/mol. The molecular weight excluding hydrogens is 274 g/mol. The van der Waals surface area contributed by atoms with Crippen LogP contribution in [-0.2, 0) is 11.2 Å². The molecule has 0 bridgehead atoms. The van der Waals surface area contributed by atoms with E-state index < -0.39 is 16.6 Å². The van der Waals surface area contributed by atoms with Gasteiger partial charge in [-0.3, -0.25) is 10.1 Å². The van der Waals surface area contributed by atoms with Gasteiger partial charge in [0.15, 0.2) is 0 Å². The molecule has 7 heteroatoms. The van der Waals surface area contributed by atoms with Gasteiger partial charge in [0.05, 0.1) is 4.92 Å². The fourth-order valence-electron chi connectivity index (χ4n) is 1.66. The number of hydrogen-bond acceptors (Lipinski definition) is 5. The van der Waals surface area contributed by atoms with E-state index in [2.05, 4.69) is 5.32 Å². The third kappa shape index (κ3) is 6.71. The van der Waals surface area contributed by atoms with Crippen LogP contribution in [0.15, 0.2) is 24.3 Å². The molecule has 0 aliphatic carbocycles. The fraction of sp³-hybridized carbons (Fsp3) is 0.500. The first kappa shape index (κ1) is 16.9. The second-order valence-electron chi connectivity index (χ2n) is 5.77. The number of nitrogens with zero attached hydrogens (tertiary/aromatic N) is 1. The first-order chi connectivity index (χ1) is 9.67. The first-order valence-corrected chi connectivity index (χ1v) is 6.63. The lowest BCUT2D eigenvalue weighted by molar-refractivity contribution is -0.384. The third-order valence-electron chi connectivity index (χ3n) is 2.55. The minimum absolute atomic E-state index is 0.0409. The van der Waals surface area contributed by atoms with Gasteiger partial charge < -0.3 is 15.8 Å². The monoisotopic (exact) mass is 295 g/mol. The highest BCUT2D eigenvalue weighted by atomic mass is 16.6. The molecule has 0 spiro atoms. The predicted molar refractivity (Wildman–Crippen MR) is 79.0 cm³/mol. The Morgan fingerprint density at radius 1 is 1.38 bits per heavy atom. The van der Waals surface area contributed by atoms with Gasteiger partial charge in [0, 0.05) is 24.7 Å². The van der Waals surface area contributed by atoms with Crippen LogP contribution in [0.2, 0.25) is 0 Å². The molecule has 0 aliphatic heterocycles. The second-order valence-corrected chi connectivity index (χ2v) is 5.77. The zero-order valence-electron chi connectivity index (χ0n) is 12.5. The quantitative estimate of drug-likeness (QED) is 0.638. The minimum Gasteiger partial charge on any atom is -0.444 e. The number of alkyl carbamates (subject to hydrolysis) is 1. The first-order valence-electron chi connectivity index (χ1n) is 6.63. The molecule has 1 aromatic rings. The van der Waals surface area contributed by atoms with Crippen LogP contribution in [0.1, 0.15) is 26.3 Å². The Morgan fingerprint density at radius 2 is 1.95 bits per heavy atom. The molecule has 1 atom stereocenters. The van der Waals surface area contributed by atoms with Crippen molar-refractivity contribution in [3.8, 4) is 0 Å². The van der Waals surface area contributed by atoms with Crippen LogP contribution in [0.25, 0.3) is 0 Å². The predicted octanol–water partition coefficient (Wildman–Crippen LogP) is 1.99. The third-order valence-corrected chi connectivity index (χ3v) is 2.55. The number of rotatable bonds is 5. The number of benzene rings is 1. The van der Waals surface area contributed by atoms with Crippen molar-refractivity contribution in [3.63, 3.8) is 0 Å². The van der Waals surface area contributed by atoms with E-state index in [4.69, 9.17) is 10.5 Å². The van der Waals surface area contributed by atoms with E-state index in [0.29, 0.717) is 6.42 Å². The van der Waals surface area contributed by atoms with Crippen LogP contribution < -0.4 is 11.1 Å². The van der Waals surface area contributed by atoms with E-state index in [1.54, 1.807) is 32.9 Å². The molecule has 21 heavy (non-hydrogen) atoms. The van der Waals surface area contributed by atoms with Crippen LogP contribution in [0.3, 0.4) is 0 Å². The van der Waals surface area contributed by atoms with Gasteiger partial charge in [0.25, 0.3) is 5.69 Å². The Bertz CT molecular complexity index is 494. The lowest BCUT2D eigenvalue weighted by Crippen LogP contribution is -2.41. The van der Waals surface area contributed by atoms with Gasteiger partial charge in [-0.15, -0.1) is 0 Å². The summed E-state index contributed by atoms with van der Waals surface area (Å²) >= 11 is 0. The van der Waals surface area contributed by atoms with Crippen LogP contribution in [0.4, 0.5) is 10.5 Å². The number of carbonyl (C=O) groups is 1. The molecule has 0 heterocycles. The topological polar surface area (TPSA) is 107 Å². The maximum atomic E-state index is 11.5. The molecule has 0 fully saturated rings. The molecule has 1 amide bonds. The summed E-state index contributed by atoms with van der Waals surface area (Å²) in [5.41, 5.74) is 6.28. The van der Waals surface area contributed by atoms with Crippen molar-refractivity contribution in [1.29, 1.82) is 0 Å². The van der Waals surface area contributed by atoms with Crippen LogP contribution in [0.5, 0.6) is 0 Å². The summed E-state index contributed by atoms with van der Waals surface area (Å²) in [6, 6.07) is 5.89. The number of carbonyl (C=O) groups excluding carboxylic acids is 1. The standard InChI is InChI=1S/C14H21N3O4/c1-14(2,3)21-13(18)16-9-11(15)8-10-4-6-12(7-5-10)17(19)20/h4-7,11H,8-9,15H2,1-3H3,(H,16,18). The molecule has 116 valence electrons. The zero-order chi connectivity index (χ0) is 16.0. The number of ether oxygens (including phenoxy) is 1. The largest absolute Gasteiger partial charge is 0.444 e. The van der Waals surface area contributed by atoms with Crippen molar-refractivity contribution < 1.29 is 14.5 Å². The molecule has 0 saturated heterocycles. The summed E-state index contributed by atoms with van der Waals surface area (Å²) < 4.78 is 5.10. The maximum absolute atomic E-state index is 11.5. The summed E-state index contributed by atoms with van der Waals surface area (Å²) in [5, 5.41) is 13.1. The van der Waals surface area contributed by atoms with Gasteiger partial charge in [-0.25, -0.2) is 4.79 Å². The summed E-state index contributed by atoms with van der Waals surface area (Å²) in [6.07, 6.45) is -0.00463. The van der Waals surface area contributed by atoms with Gasteiger partial charge >= 0.3 is 6.09 Å². The average Bonchev–Trinajstić information content (AvgIpc) is 2.35. The lowest BCUT2D eigenvalue weighted by Gasteiger charge is -2.20. The van der Waals surface area contributed by atoms with Gasteiger partial charge in [-0.05, 0) is 32.8 Å². The van der Waals surface area contributed by atoms with Crippen molar-refractivity contribution in [2.24, 2.45) is 5.73 Å². The number of nitro benzene ring substituents is 1. The minimum atomic E-state index is -0.549. The van der Waals surface area contributed by atoms with Crippen molar-refractivity contribution in [2.45, 2.75) is 38.8 Å². The van der Waals surface area contributed by atoms with Crippen LogP contribution in [0, 0.1) is 10.1 Å². The van der Waals surface area contributed by atoms with Gasteiger partial charge in [-0.1, -0.05) is 12.1 Å². The molecular formula is C14H21N3O4. The number of non-ortho nitro benzene ring substituents is 1. The highest BCUT2D eigenvalue weighted by Gasteiger charge is 2.16. The number of nitrogens with two attached hydrogens (primary N) is 1. The lowest BCUT2D eigenvalue weighted by atomic mass is 10.1.